The molecule has 0 aliphatic heterocycles. The lowest BCUT2D eigenvalue weighted by Gasteiger charge is -2.10. The van der Waals surface area contributed by atoms with Crippen LogP contribution in [0.4, 0.5) is 5.69 Å². The summed E-state index contributed by atoms with van der Waals surface area (Å²) in [4.78, 5) is 32.7. The number of methoxy groups -OCH3 is 4. The van der Waals surface area contributed by atoms with E-state index in [0.717, 1.165) is 11.0 Å². The minimum Gasteiger partial charge on any atom is -0.481 e. The van der Waals surface area contributed by atoms with Crippen LogP contribution in [0.5, 0.6) is 11.8 Å². The summed E-state index contributed by atoms with van der Waals surface area (Å²) >= 11 is 1.52. The molecule has 0 saturated heterocycles. The van der Waals surface area contributed by atoms with Crippen LogP contribution in [-0.4, -0.2) is 50.3 Å². The summed E-state index contributed by atoms with van der Waals surface area (Å²) in [6, 6.07) is 8.86. The maximum atomic E-state index is 11.8. The Morgan fingerprint density at radius 2 is 1.62 bits per heavy atom. The third kappa shape index (κ3) is 6.68. The Bertz CT molecular complexity index is 864. The van der Waals surface area contributed by atoms with Crippen molar-refractivity contribution in [1.82, 2.24) is 9.97 Å². The minimum atomic E-state index is -0.682. The molecule has 0 saturated carbocycles. The molecule has 1 aromatic carbocycles. The van der Waals surface area contributed by atoms with Crippen LogP contribution in [0.25, 0.3) is 0 Å². The number of hydrogen-bond acceptors (Lipinski definition) is 10. The van der Waals surface area contributed by atoms with Crippen LogP contribution in [0.1, 0.15) is 5.82 Å². The number of nitrogens with zero attached hydrogens (tertiary/aromatic N) is 2. The van der Waals surface area contributed by atoms with Crippen molar-refractivity contribution in [3.05, 3.63) is 47.9 Å². The molecule has 0 atom stereocenters. The van der Waals surface area contributed by atoms with E-state index in [-0.39, 0.29) is 5.70 Å². The first-order valence-electron chi connectivity index (χ1n) is 8.32. The number of anilines is 1. The van der Waals surface area contributed by atoms with Crippen molar-refractivity contribution < 1.29 is 28.5 Å². The van der Waals surface area contributed by atoms with Gasteiger partial charge in [-0.1, -0.05) is 0 Å². The van der Waals surface area contributed by atoms with Gasteiger partial charge in [0.05, 0.1) is 46.3 Å². The fourth-order valence-corrected chi connectivity index (χ4v) is 2.85. The van der Waals surface area contributed by atoms with E-state index >= 15 is 0 Å². The molecule has 0 aliphatic carbocycles. The summed E-state index contributed by atoms with van der Waals surface area (Å²) in [5.41, 5.74) is 0.575. The molecule has 0 amide bonds. The first kappa shape index (κ1) is 22.0. The van der Waals surface area contributed by atoms with Crippen molar-refractivity contribution in [3.8, 4) is 11.8 Å². The molecule has 9 nitrogen and oxygen atoms in total. The highest BCUT2D eigenvalue weighted by Crippen LogP contribution is 2.25. The number of nitrogens with one attached hydrogen (secondary N) is 1. The second-order valence-corrected chi connectivity index (χ2v) is 6.43. The van der Waals surface area contributed by atoms with Crippen LogP contribution in [0.3, 0.4) is 0 Å². The van der Waals surface area contributed by atoms with Crippen LogP contribution >= 0.6 is 11.8 Å². The number of rotatable bonds is 9. The second-order valence-electron chi connectivity index (χ2n) is 5.38. The zero-order chi connectivity index (χ0) is 21.2. The van der Waals surface area contributed by atoms with Gasteiger partial charge in [-0.15, -0.1) is 11.8 Å². The van der Waals surface area contributed by atoms with Gasteiger partial charge in [-0.05, 0) is 24.3 Å². The Hall–Kier alpha value is -3.27. The first-order valence-corrected chi connectivity index (χ1v) is 9.31. The van der Waals surface area contributed by atoms with Gasteiger partial charge in [0.15, 0.2) is 0 Å². The molecule has 2 rings (SSSR count). The number of ether oxygens (including phenoxy) is 4. The van der Waals surface area contributed by atoms with E-state index in [1.807, 2.05) is 12.1 Å². The first-order chi connectivity index (χ1) is 14.0. The summed E-state index contributed by atoms with van der Waals surface area (Å²) in [5.74, 6) is 0.592. The average Bonchev–Trinajstić information content (AvgIpc) is 2.76. The number of aromatic nitrogens is 2. The number of carbonyl (C=O) groups excluding carboxylic acids is 2. The number of esters is 2. The summed E-state index contributed by atoms with van der Waals surface area (Å²) in [5, 5.41) is 2.84. The molecular formula is C19H21N3O6S. The summed E-state index contributed by atoms with van der Waals surface area (Å²) in [7, 11) is 5.51. The zero-order valence-electron chi connectivity index (χ0n) is 16.4. The predicted octanol–water partition coefficient (Wildman–Crippen LogP) is 2.43. The highest BCUT2D eigenvalue weighted by Gasteiger charge is 2.13. The molecule has 29 heavy (non-hydrogen) atoms. The lowest BCUT2D eigenvalue weighted by atomic mass is 10.3. The molecule has 0 bridgehead atoms. The van der Waals surface area contributed by atoms with Crippen LogP contribution in [0, 0.1) is 0 Å². The lowest BCUT2D eigenvalue weighted by molar-refractivity contribution is -0.138. The molecule has 0 fully saturated rings. The molecule has 154 valence electrons. The topological polar surface area (TPSA) is 109 Å². The highest BCUT2D eigenvalue weighted by atomic mass is 32.2. The maximum absolute atomic E-state index is 11.8. The van der Waals surface area contributed by atoms with Gasteiger partial charge in [0, 0.05) is 10.6 Å². The molecule has 1 N–H and O–H groups in total. The monoisotopic (exact) mass is 419 g/mol. The average molecular weight is 419 g/mol. The van der Waals surface area contributed by atoms with E-state index in [1.54, 1.807) is 18.2 Å². The maximum Gasteiger partial charge on any atom is 0.354 e. The number of carbonyl (C=O) groups is 2. The molecule has 1 heterocycles. The molecular weight excluding hydrogens is 398 g/mol. The molecule has 0 radical (unpaired) electrons. The van der Waals surface area contributed by atoms with Crippen molar-refractivity contribution in [3.63, 3.8) is 0 Å². The van der Waals surface area contributed by atoms with Gasteiger partial charge in [-0.25, -0.2) is 9.59 Å². The number of benzene rings is 1. The molecule has 10 heteroatoms. The Labute approximate surface area is 172 Å². The van der Waals surface area contributed by atoms with Gasteiger partial charge in [-0.3, -0.25) is 0 Å². The number of thioether (sulfide) groups is 1. The Morgan fingerprint density at radius 3 is 2.14 bits per heavy atom. The molecule has 2 aromatic rings. The van der Waals surface area contributed by atoms with Crippen LogP contribution < -0.4 is 14.8 Å². The van der Waals surface area contributed by atoms with Crippen molar-refractivity contribution >= 4 is 29.4 Å². The highest BCUT2D eigenvalue weighted by molar-refractivity contribution is 7.98. The summed E-state index contributed by atoms with van der Waals surface area (Å²) in [6.45, 7) is 0. The molecule has 0 spiro atoms. The fraction of sp³-hybridized carbons (Fsp3) is 0.263. The van der Waals surface area contributed by atoms with E-state index in [1.165, 1.54) is 40.2 Å². The van der Waals surface area contributed by atoms with Crippen molar-refractivity contribution in [2.24, 2.45) is 0 Å². The van der Waals surface area contributed by atoms with Gasteiger partial charge >= 0.3 is 11.9 Å². The Morgan fingerprint density at radius 1 is 1.00 bits per heavy atom. The predicted molar refractivity (Wildman–Crippen MR) is 107 cm³/mol. The van der Waals surface area contributed by atoms with Crippen LogP contribution in [0.2, 0.25) is 0 Å². The fourth-order valence-electron chi connectivity index (χ4n) is 2.09. The van der Waals surface area contributed by atoms with Crippen molar-refractivity contribution in [2.75, 3.05) is 33.8 Å². The second kappa shape index (κ2) is 10.9. The smallest absolute Gasteiger partial charge is 0.354 e. The van der Waals surface area contributed by atoms with E-state index in [2.05, 4.69) is 24.8 Å². The van der Waals surface area contributed by atoms with E-state index < -0.39 is 11.9 Å². The summed E-state index contributed by atoms with van der Waals surface area (Å²) < 4.78 is 19.5. The quantitative estimate of drug-likeness (QED) is 0.370. The Kier molecular flexibility index (Phi) is 8.28. The molecule has 0 unspecified atom stereocenters. The van der Waals surface area contributed by atoms with Gasteiger partial charge in [0.2, 0.25) is 11.8 Å². The SMILES string of the molecule is COC(=O)/C=C(/Nc1ccc(SCc2nc(OC)cc(OC)n2)cc1)C(=O)OC. The zero-order valence-corrected chi connectivity index (χ0v) is 17.2. The largest absolute Gasteiger partial charge is 0.481 e. The van der Waals surface area contributed by atoms with E-state index in [0.29, 0.717) is 29.0 Å². The van der Waals surface area contributed by atoms with Gasteiger partial charge in [0.25, 0.3) is 0 Å². The van der Waals surface area contributed by atoms with Crippen molar-refractivity contribution in [1.29, 1.82) is 0 Å². The van der Waals surface area contributed by atoms with Gasteiger partial charge < -0.3 is 24.3 Å². The van der Waals surface area contributed by atoms with Crippen molar-refractivity contribution in [2.45, 2.75) is 10.6 Å². The standard InChI is InChI=1S/C19H21N3O6S/c1-25-16-10-17(26-2)22-15(21-16)11-29-13-7-5-12(6-8-13)20-14(19(24)28-4)9-18(23)27-3/h5-10,20H,11H2,1-4H3/b14-9+. The van der Waals surface area contributed by atoms with Gasteiger partial charge in [0.1, 0.15) is 11.5 Å². The molecule has 1 aromatic heterocycles. The van der Waals surface area contributed by atoms with Crippen LogP contribution in [-0.2, 0) is 24.8 Å². The third-order valence-electron chi connectivity index (χ3n) is 3.51. The molecule has 0 aliphatic rings. The van der Waals surface area contributed by atoms with E-state index in [9.17, 15) is 9.59 Å². The Balaban J connectivity index is 2.05. The lowest BCUT2D eigenvalue weighted by Crippen LogP contribution is -2.15. The number of hydrogen-bond donors (Lipinski definition) is 1. The normalized spacial score (nSPS) is 10.8. The van der Waals surface area contributed by atoms with Crippen LogP contribution in [0.15, 0.2) is 47.0 Å². The third-order valence-corrected chi connectivity index (χ3v) is 4.52. The summed E-state index contributed by atoms with van der Waals surface area (Å²) in [6.07, 6.45) is 1.03. The van der Waals surface area contributed by atoms with Gasteiger partial charge in [-0.2, -0.15) is 9.97 Å². The minimum absolute atomic E-state index is 0.0309. The van der Waals surface area contributed by atoms with E-state index in [4.69, 9.17) is 9.47 Å².